The van der Waals surface area contributed by atoms with Crippen LogP contribution in [0.15, 0.2) is 30.5 Å². The molecule has 21 heavy (non-hydrogen) atoms. The van der Waals surface area contributed by atoms with Gasteiger partial charge in [-0.25, -0.2) is 9.78 Å². The van der Waals surface area contributed by atoms with E-state index >= 15 is 0 Å². The van der Waals surface area contributed by atoms with Crippen LogP contribution in [0.25, 0.3) is 0 Å². The number of aromatic carboxylic acids is 1. The molecule has 0 saturated heterocycles. The second-order valence-electron chi connectivity index (χ2n) is 3.89. The van der Waals surface area contributed by atoms with Crippen molar-refractivity contribution in [2.45, 2.75) is 0 Å². The fourth-order valence-electron chi connectivity index (χ4n) is 1.59. The van der Waals surface area contributed by atoms with Crippen molar-refractivity contribution in [1.29, 1.82) is 5.26 Å². The van der Waals surface area contributed by atoms with Gasteiger partial charge in [-0.2, -0.15) is 5.26 Å². The smallest absolute Gasteiger partial charge is 0.341 e. The molecule has 0 bridgehead atoms. The fourth-order valence-corrected chi connectivity index (χ4v) is 1.74. The molecule has 1 aromatic heterocycles. The number of carbonyl (C=O) groups is 1. The summed E-state index contributed by atoms with van der Waals surface area (Å²) in [7, 11) is 1.41. The zero-order valence-corrected chi connectivity index (χ0v) is 11.6. The van der Waals surface area contributed by atoms with Gasteiger partial charge < -0.3 is 14.6 Å². The molecule has 1 N–H and O–H groups in total. The van der Waals surface area contributed by atoms with E-state index in [1.54, 1.807) is 0 Å². The van der Waals surface area contributed by atoms with E-state index in [0.717, 1.165) is 0 Å². The number of methoxy groups -OCH3 is 1. The Hall–Kier alpha value is -2.78. The summed E-state index contributed by atoms with van der Waals surface area (Å²) in [6.45, 7) is 0. The van der Waals surface area contributed by atoms with Crippen LogP contribution >= 0.6 is 11.6 Å². The number of halogens is 1. The summed E-state index contributed by atoms with van der Waals surface area (Å²) in [6, 6.07) is 7.70. The van der Waals surface area contributed by atoms with Gasteiger partial charge in [0.15, 0.2) is 11.5 Å². The minimum Gasteiger partial charge on any atom is -0.493 e. The van der Waals surface area contributed by atoms with Crippen molar-refractivity contribution in [3.05, 3.63) is 46.6 Å². The average Bonchev–Trinajstić information content (AvgIpc) is 2.49. The number of benzene rings is 1. The molecule has 0 aliphatic rings. The molecule has 7 heteroatoms. The summed E-state index contributed by atoms with van der Waals surface area (Å²) in [6.07, 6.45) is 1.28. The van der Waals surface area contributed by atoms with Crippen molar-refractivity contribution < 1.29 is 19.4 Å². The highest BCUT2D eigenvalue weighted by molar-refractivity contribution is 6.30. The molecule has 2 aromatic rings. The molecule has 1 heterocycles. The number of pyridine rings is 1. The van der Waals surface area contributed by atoms with Crippen LogP contribution in [0.5, 0.6) is 17.4 Å². The highest BCUT2D eigenvalue weighted by atomic mass is 35.5. The molecular formula is C14H9ClN2O4. The third-order valence-corrected chi connectivity index (χ3v) is 2.75. The van der Waals surface area contributed by atoms with Crippen LogP contribution in [0.3, 0.4) is 0 Å². The van der Waals surface area contributed by atoms with E-state index in [2.05, 4.69) is 4.98 Å². The van der Waals surface area contributed by atoms with Gasteiger partial charge in [0, 0.05) is 12.3 Å². The first kappa shape index (κ1) is 14.6. The molecule has 0 amide bonds. The zero-order chi connectivity index (χ0) is 15.4. The minimum atomic E-state index is -1.22. The van der Waals surface area contributed by atoms with Crippen LogP contribution in [0.2, 0.25) is 5.02 Å². The molecule has 0 aliphatic heterocycles. The maximum Gasteiger partial charge on any atom is 0.341 e. The lowest BCUT2D eigenvalue weighted by Gasteiger charge is -2.11. The molecule has 0 aliphatic carbocycles. The lowest BCUT2D eigenvalue weighted by atomic mass is 10.2. The molecule has 2 rings (SSSR count). The average molecular weight is 305 g/mol. The van der Waals surface area contributed by atoms with Crippen molar-refractivity contribution in [2.24, 2.45) is 0 Å². The molecule has 0 atom stereocenters. The lowest BCUT2D eigenvalue weighted by molar-refractivity contribution is 0.0693. The number of hydrogen-bond donors (Lipinski definition) is 1. The number of nitriles is 1. The van der Waals surface area contributed by atoms with E-state index in [4.69, 9.17) is 31.4 Å². The Morgan fingerprint density at radius 3 is 2.76 bits per heavy atom. The lowest BCUT2D eigenvalue weighted by Crippen LogP contribution is -2.02. The van der Waals surface area contributed by atoms with E-state index in [1.807, 2.05) is 6.07 Å². The molecule has 0 radical (unpaired) electrons. The number of nitrogens with zero attached hydrogens (tertiary/aromatic N) is 2. The Bertz CT molecular complexity index is 740. The molecule has 6 nitrogen and oxygen atoms in total. The van der Waals surface area contributed by atoms with Gasteiger partial charge in [-0.15, -0.1) is 0 Å². The monoisotopic (exact) mass is 304 g/mol. The molecule has 106 valence electrons. The first-order valence-corrected chi connectivity index (χ1v) is 6.07. The Kier molecular flexibility index (Phi) is 4.26. The summed E-state index contributed by atoms with van der Waals surface area (Å²) in [5.41, 5.74) is 0.218. The summed E-state index contributed by atoms with van der Waals surface area (Å²) >= 11 is 5.72. The highest BCUT2D eigenvalue weighted by Gasteiger charge is 2.16. The van der Waals surface area contributed by atoms with Crippen LogP contribution in [0.4, 0.5) is 0 Å². The van der Waals surface area contributed by atoms with Gasteiger partial charge >= 0.3 is 5.97 Å². The normalized spacial score (nSPS) is 9.76. The Morgan fingerprint density at radius 2 is 2.14 bits per heavy atom. The van der Waals surface area contributed by atoms with Crippen molar-refractivity contribution in [1.82, 2.24) is 4.98 Å². The van der Waals surface area contributed by atoms with E-state index in [9.17, 15) is 4.79 Å². The topological polar surface area (TPSA) is 92.4 Å². The maximum atomic E-state index is 11.2. The van der Waals surface area contributed by atoms with Crippen LogP contribution in [-0.2, 0) is 0 Å². The summed E-state index contributed by atoms with van der Waals surface area (Å²) < 4.78 is 10.6. The molecule has 0 unspecified atom stereocenters. The zero-order valence-electron chi connectivity index (χ0n) is 10.8. The van der Waals surface area contributed by atoms with E-state index in [-0.39, 0.29) is 22.2 Å². The number of rotatable bonds is 4. The fraction of sp³-hybridized carbons (Fsp3) is 0.0714. The van der Waals surface area contributed by atoms with E-state index in [0.29, 0.717) is 11.3 Å². The highest BCUT2D eigenvalue weighted by Crippen LogP contribution is 2.33. The number of hydrogen-bond acceptors (Lipinski definition) is 5. The van der Waals surface area contributed by atoms with Gasteiger partial charge in [0.2, 0.25) is 5.88 Å². The van der Waals surface area contributed by atoms with Gasteiger partial charge in [-0.3, -0.25) is 0 Å². The Morgan fingerprint density at radius 1 is 1.38 bits per heavy atom. The van der Waals surface area contributed by atoms with Crippen LogP contribution in [0, 0.1) is 11.3 Å². The van der Waals surface area contributed by atoms with Crippen LogP contribution < -0.4 is 9.47 Å². The van der Waals surface area contributed by atoms with Gasteiger partial charge in [0.25, 0.3) is 0 Å². The third-order valence-electron chi connectivity index (χ3n) is 2.55. The summed E-state index contributed by atoms with van der Waals surface area (Å²) in [4.78, 5) is 15.0. The molecule has 1 aromatic carbocycles. The van der Waals surface area contributed by atoms with Crippen LogP contribution in [-0.4, -0.2) is 23.2 Å². The molecular weight excluding hydrogens is 296 g/mol. The first-order valence-electron chi connectivity index (χ1n) is 5.70. The Balaban J connectivity index is 2.43. The van der Waals surface area contributed by atoms with Gasteiger partial charge in [0.05, 0.1) is 23.8 Å². The number of aromatic nitrogens is 1. The van der Waals surface area contributed by atoms with Crippen molar-refractivity contribution in [3.63, 3.8) is 0 Å². The molecule has 0 spiro atoms. The Labute approximate surface area is 125 Å². The predicted octanol–water partition coefficient (Wildman–Crippen LogP) is 3.11. The maximum absolute atomic E-state index is 11.2. The number of carboxylic acids is 1. The SMILES string of the molecule is COc1cc(C#N)ccc1Oc1ncc(Cl)cc1C(=O)O. The second-order valence-corrected chi connectivity index (χ2v) is 4.33. The predicted molar refractivity (Wildman–Crippen MR) is 74.0 cm³/mol. The van der Waals surface area contributed by atoms with E-state index in [1.165, 1.54) is 37.6 Å². The molecule has 0 saturated carbocycles. The van der Waals surface area contributed by atoms with Crippen molar-refractivity contribution >= 4 is 17.6 Å². The summed E-state index contributed by atoms with van der Waals surface area (Å²) in [5.74, 6) is -0.793. The number of ether oxygens (including phenoxy) is 2. The second kappa shape index (κ2) is 6.11. The summed E-state index contributed by atoms with van der Waals surface area (Å²) in [5, 5.41) is 18.1. The number of carboxylic acid groups (broad SMARTS) is 1. The van der Waals surface area contributed by atoms with Crippen LogP contribution in [0.1, 0.15) is 15.9 Å². The van der Waals surface area contributed by atoms with Gasteiger partial charge in [-0.05, 0) is 18.2 Å². The molecule has 0 fully saturated rings. The van der Waals surface area contributed by atoms with Crippen molar-refractivity contribution in [2.75, 3.05) is 7.11 Å². The standard InChI is InChI=1S/C14H9ClN2O4/c1-20-12-4-8(6-16)2-3-11(12)21-13-10(14(18)19)5-9(15)7-17-13/h2-5,7H,1H3,(H,18,19). The quantitative estimate of drug-likeness (QED) is 0.933. The van der Waals surface area contributed by atoms with Gasteiger partial charge in [0.1, 0.15) is 5.56 Å². The van der Waals surface area contributed by atoms with Gasteiger partial charge in [-0.1, -0.05) is 11.6 Å². The van der Waals surface area contributed by atoms with Crippen molar-refractivity contribution in [3.8, 4) is 23.4 Å². The minimum absolute atomic E-state index is 0.116. The third kappa shape index (κ3) is 3.22. The largest absolute Gasteiger partial charge is 0.493 e. The first-order chi connectivity index (χ1) is 10.0. The van der Waals surface area contributed by atoms with E-state index < -0.39 is 5.97 Å².